The van der Waals surface area contributed by atoms with Crippen molar-refractivity contribution in [3.8, 4) is 0 Å². The van der Waals surface area contributed by atoms with Crippen LogP contribution in [0.5, 0.6) is 0 Å². The summed E-state index contributed by atoms with van der Waals surface area (Å²) in [4.78, 5) is 4.47. The Morgan fingerprint density at radius 2 is 1.71 bits per heavy atom. The molecule has 7 nitrogen and oxygen atoms in total. The van der Waals surface area contributed by atoms with E-state index in [-0.39, 0.29) is 29.7 Å². The molecule has 0 fully saturated rings. The van der Waals surface area contributed by atoms with Gasteiger partial charge in [-0.2, -0.15) is 0 Å². The number of aliphatic imine (C=N–C) groups is 1. The van der Waals surface area contributed by atoms with Crippen LogP contribution >= 0.6 is 24.0 Å². The van der Waals surface area contributed by atoms with E-state index in [9.17, 15) is 8.42 Å². The molecule has 0 aliphatic rings. The number of nitrogens with one attached hydrogen (secondary N) is 3. The summed E-state index contributed by atoms with van der Waals surface area (Å²) in [7, 11) is -3.10. The molecule has 0 spiro atoms. The Kier molecular flexibility index (Phi) is 19.2. The van der Waals surface area contributed by atoms with Gasteiger partial charge in [0, 0.05) is 39.4 Å². The number of hydrogen-bond donors (Lipinski definition) is 3. The molecule has 0 rings (SSSR count). The van der Waals surface area contributed by atoms with Gasteiger partial charge in [-0.25, -0.2) is 13.1 Å². The van der Waals surface area contributed by atoms with Crippen molar-refractivity contribution >= 4 is 40.0 Å². The van der Waals surface area contributed by atoms with E-state index in [2.05, 4.69) is 27.3 Å². The topological polar surface area (TPSA) is 91.8 Å². The largest absolute Gasteiger partial charge is 0.381 e. The standard InChI is InChI=1S/C15H34N4O3S.HI/c1-4-7-13-22-14-9-11-18-15(16-5-2)17-10-8-12-19-23(20,21)6-3;/h19H,4-14H2,1-3H3,(H2,16,17,18);1H. The zero-order chi connectivity index (χ0) is 17.4. The van der Waals surface area contributed by atoms with E-state index < -0.39 is 10.0 Å². The fraction of sp³-hybridized carbons (Fsp3) is 0.933. The second kappa shape index (κ2) is 17.7. The average molecular weight is 478 g/mol. The number of hydrogen-bond acceptors (Lipinski definition) is 4. The molecule has 0 aromatic carbocycles. The zero-order valence-corrected chi connectivity index (χ0v) is 18.4. The molecule has 146 valence electrons. The summed E-state index contributed by atoms with van der Waals surface area (Å²) in [6, 6.07) is 0. The normalized spacial score (nSPS) is 11.9. The van der Waals surface area contributed by atoms with Gasteiger partial charge in [-0.05, 0) is 33.1 Å². The maximum atomic E-state index is 11.3. The highest BCUT2D eigenvalue weighted by Gasteiger charge is 2.04. The fourth-order valence-corrected chi connectivity index (χ4v) is 2.33. The Labute approximate surface area is 164 Å². The van der Waals surface area contributed by atoms with Gasteiger partial charge in [-0.15, -0.1) is 24.0 Å². The first-order valence-corrected chi connectivity index (χ1v) is 10.3. The molecule has 9 heteroatoms. The number of ether oxygens (including phenoxy) is 1. The number of nitrogens with zero attached hydrogens (tertiary/aromatic N) is 1. The monoisotopic (exact) mass is 478 g/mol. The molecule has 0 radical (unpaired) electrons. The van der Waals surface area contributed by atoms with Crippen molar-refractivity contribution in [1.29, 1.82) is 0 Å². The molecule has 0 heterocycles. The SMILES string of the molecule is CCCCOCCCN=C(NCC)NCCCNS(=O)(=O)CC.I. The van der Waals surface area contributed by atoms with Crippen molar-refractivity contribution in [3.05, 3.63) is 0 Å². The third kappa shape index (κ3) is 16.7. The van der Waals surface area contributed by atoms with Gasteiger partial charge >= 0.3 is 0 Å². The highest BCUT2D eigenvalue weighted by atomic mass is 127. The van der Waals surface area contributed by atoms with Crippen molar-refractivity contribution in [2.45, 2.75) is 46.5 Å². The summed E-state index contributed by atoms with van der Waals surface area (Å²) in [5.74, 6) is 0.879. The molecule has 0 saturated carbocycles. The quantitative estimate of drug-likeness (QED) is 0.153. The van der Waals surface area contributed by atoms with Crippen molar-refractivity contribution in [2.24, 2.45) is 4.99 Å². The van der Waals surface area contributed by atoms with E-state index in [0.29, 0.717) is 26.1 Å². The maximum Gasteiger partial charge on any atom is 0.211 e. The summed E-state index contributed by atoms with van der Waals surface area (Å²) in [5, 5.41) is 6.37. The van der Waals surface area contributed by atoms with Crippen LogP contribution in [0.3, 0.4) is 0 Å². The molecule has 0 saturated heterocycles. The van der Waals surface area contributed by atoms with Crippen molar-refractivity contribution < 1.29 is 13.2 Å². The van der Waals surface area contributed by atoms with Crippen LogP contribution in [0.25, 0.3) is 0 Å². The second-order valence-corrected chi connectivity index (χ2v) is 7.25. The average Bonchev–Trinajstić information content (AvgIpc) is 2.53. The Morgan fingerprint density at radius 1 is 1.00 bits per heavy atom. The lowest BCUT2D eigenvalue weighted by molar-refractivity contribution is 0.130. The molecule has 0 aromatic heterocycles. The lowest BCUT2D eigenvalue weighted by Crippen LogP contribution is -2.39. The van der Waals surface area contributed by atoms with Gasteiger partial charge in [0.15, 0.2) is 5.96 Å². The predicted octanol–water partition coefficient (Wildman–Crippen LogP) is 1.70. The molecular formula is C15H35IN4O3S. The molecule has 0 aliphatic carbocycles. The second-order valence-electron chi connectivity index (χ2n) is 5.16. The van der Waals surface area contributed by atoms with E-state index in [1.54, 1.807) is 6.92 Å². The Hall–Kier alpha value is -0.130. The minimum absolute atomic E-state index is 0. The molecule has 0 unspecified atom stereocenters. The molecular weight excluding hydrogens is 443 g/mol. The van der Waals surface area contributed by atoms with Crippen molar-refractivity contribution in [2.75, 3.05) is 45.1 Å². The fourth-order valence-electron chi connectivity index (χ4n) is 1.67. The van der Waals surface area contributed by atoms with Crippen LogP contribution in [0, 0.1) is 0 Å². The summed E-state index contributed by atoms with van der Waals surface area (Å²) < 4.78 is 30.6. The number of guanidine groups is 1. The first kappa shape index (κ1) is 26.1. The van der Waals surface area contributed by atoms with E-state index in [0.717, 1.165) is 45.0 Å². The molecule has 0 aliphatic heterocycles. The molecule has 24 heavy (non-hydrogen) atoms. The molecule has 0 aromatic rings. The van der Waals surface area contributed by atoms with E-state index >= 15 is 0 Å². The van der Waals surface area contributed by atoms with Crippen molar-refractivity contribution in [3.63, 3.8) is 0 Å². The first-order chi connectivity index (χ1) is 11.1. The third-order valence-electron chi connectivity index (χ3n) is 3.05. The Bertz CT molecular complexity index is 406. The summed E-state index contributed by atoms with van der Waals surface area (Å²) >= 11 is 0. The first-order valence-electron chi connectivity index (χ1n) is 8.63. The number of rotatable bonds is 14. The van der Waals surface area contributed by atoms with Crippen LogP contribution in [0.1, 0.15) is 46.5 Å². The molecule has 0 bridgehead atoms. The summed E-state index contributed by atoms with van der Waals surface area (Å²) in [6.07, 6.45) is 3.87. The van der Waals surface area contributed by atoms with Gasteiger partial charge < -0.3 is 15.4 Å². The van der Waals surface area contributed by atoms with Gasteiger partial charge in [0.1, 0.15) is 0 Å². The lowest BCUT2D eigenvalue weighted by atomic mass is 10.4. The predicted molar refractivity (Wildman–Crippen MR) is 112 cm³/mol. The highest BCUT2D eigenvalue weighted by Crippen LogP contribution is 1.90. The van der Waals surface area contributed by atoms with Crippen LogP contribution in [0.2, 0.25) is 0 Å². The smallest absolute Gasteiger partial charge is 0.211 e. The minimum Gasteiger partial charge on any atom is -0.381 e. The summed E-state index contributed by atoms with van der Waals surface area (Å²) in [6.45, 7) is 9.97. The number of unbranched alkanes of at least 4 members (excludes halogenated alkanes) is 1. The highest BCUT2D eigenvalue weighted by molar-refractivity contribution is 14.0. The van der Waals surface area contributed by atoms with Gasteiger partial charge in [0.25, 0.3) is 0 Å². The van der Waals surface area contributed by atoms with Crippen LogP contribution in [-0.4, -0.2) is 59.5 Å². The molecule has 0 atom stereocenters. The van der Waals surface area contributed by atoms with E-state index in [1.807, 2.05) is 6.92 Å². The third-order valence-corrected chi connectivity index (χ3v) is 4.46. The number of sulfonamides is 1. The minimum atomic E-state index is -3.10. The summed E-state index contributed by atoms with van der Waals surface area (Å²) in [5.41, 5.74) is 0. The van der Waals surface area contributed by atoms with Gasteiger partial charge in [-0.1, -0.05) is 13.3 Å². The van der Waals surface area contributed by atoms with Gasteiger partial charge in [-0.3, -0.25) is 4.99 Å². The van der Waals surface area contributed by atoms with Gasteiger partial charge in [0.2, 0.25) is 10.0 Å². The van der Waals surface area contributed by atoms with Crippen LogP contribution in [-0.2, 0) is 14.8 Å². The van der Waals surface area contributed by atoms with Crippen LogP contribution in [0.15, 0.2) is 4.99 Å². The van der Waals surface area contributed by atoms with E-state index in [4.69, 9.17) is 4.74 Å². The Balaban J connectivity index is 0. The number of halogens is 1. The Morgan fingerprint density at radius 3 is 2.33 bits per heavy atom. The van der Waals surface area contributed by atoms with Crippen LogP contribution in [0.4, 0.5) is 0 Å². The van der Waals surface area contributed by atoms with Crippen LogP contribution < -0.4 is 15.4 Å². The zero-order valence-electron chi connectivity index (χ0n) is 15.3. The van der Waals surface area contributed by atoms with E-state index in [1.165, 1.54) is 0 Å². The maximum absolute atomic E-state index is 11.3. The molecule has 3 N–H and O–H groups in total. The van der Waals surface area contributed by atoms with Gasteiger partial charge in [0.05, 0.1) is 5.75 Å². The van der Waals surface area contributed by atoms with Crippen molar-refractivity contribution in [1.82, 2.24) is 15.4 Å². The lowest BCUT2D eigenvalue weighted by Gasteiger charge is -2.11. The molecule has 0 amide bonds.